The highest BCUT2D eigenvalue weighted by molar-refractivity contribution is 6.10. The number of benzene rings is 1. The summed E-state index contributed by atoms with van der Waals surface area (Å²) < 4.78 is 6.62. The van der Waals surface area contributed by atoms with Crippen molar-refractivity contribution in [2.75, 3.05) is 6.61 Å². The summed E-state index contributed by atoms with van der Waals surface area (Å²) in [6, 6.07) is 9.33. The van der Waals surface area contributed by atoms with Gasteiger partial charge in [-0.2, -0.15) is 4.98 Å². The molecule has 0 unspecified atom stereocenters. The number of H-pyrrole nitrogens is 1. The normalized spacial score (nSPS) is 11.2. The van der Waals surface area contributed by atoms with Gasteiger partial charge < -0.3 is 9.72 Å². The number of carbonyl (C=O) groups excluding carboxylic acids is 2. The number of para-hydroxylation sites is 1. The van der Waals surface area contributed by atoms with Crippen LogP contribution in [0.3, 0.4) is 0 Å². The number of rotatable bonds is 4. The van der Waals surface area contributed by atoms with E-state index in [1.807, 2.05) is 51.1 Å². The zero-order valence-corrected chi connectivity index (χ0v) is 15.1. The van der Waals surface area contributed by atoms with Gasteiger partial charge in [0.15, 0.2) is 6.61 Å². The van der Waals surface area contributed by atoms with Crippen LogP contribution in [0.2, 0.25) is 0 Å². The van der Waals surface area contributed by atoms with Crippen molar-refractivity contribution in [3.63, 3.8) is 0 Å². The van der Waals surface area contributed by atoms with Gasteiger partial charge in [-0.15, -0.1) is 5.10 Å². The van der Waals surface area contributed by atoms with Crippen molar-refractivity contribution in [1.82, 2.24) is 24.6 Å². The molecule has 0 aliphatic carbocycles. The third-order valence-corrected chi connectivity index (χ3v) is 4.31. The lowest BCUT2D eigenvalue weighted by Crippen LogP contribution is -2.16. The summed E-state index contributed by atoms with van der Waals surface area (Å²) in [6.07, 6.45) is 0. The van der Waals surface area contributed by atoms with Gasteiger partial charge in [-0.25, -0.2) is 14.3 Å². The molecule has 0 spiro atoms. The quantitative estimate of drug-likeness (QED) is 0.442. The monoisotopic (exact) mass is 363 g/mol. The molecule has 0 aliphatic heterocycles. The number of nitrogens with one attached hydrogen (secondary N) is 1. The number of aryl methyl sites for hydroxylation is 3. The maximum Gasteiger partial charge on any atom is 0.378 e. The molecule has 0 saturated heterocycles. The minimum absolute atomic E-state index is 0.125. The molecule has 1 N–H and O–H groups in total. The number of esters is 1. The van der Waals surface area contributed by atoms with Crippen LogP contribution < -0.4 is 0 Å². The third-order valence-electron chi connectivity index (χ3n) is 4.31. The maximum absolute atomic E-state index is 12.6. The Labute approximate surface area is 154 Å². The van der Waals surface area contributed by atoms with E-state index in [-0.39, 0.29) is 18.2 Å². The van der Waals surface area contributed by atoms with Crippen LogP contribution in [-0.2, 0) is 4.74 Å². The standard InChI is InChI=1S/C19H17N5O3/c1-10-8-11(2)24-19(20-10)22-17(23-24)18(26)27-9-15(25)16-12(3)21-14-7-5-4-6-13(14)16/h4-8,21H,9H2,1-3H3. The van der Waals surface area contributed by atoms with Crippen LogP contribution in [0, 0.1) is 20.8 Å². The molecule has 27 heavy (non-hydrogen) atoms. The number of hydrogen-bond acceptors (Lipinski definition) is 6. The number of fused-ring (bicyclic) bond motifs is 2. The zero-order valence-electron chi connectivity index (χ0n) is 15.1. The van der Waals surface area contributed by atoms with E-state index < -0.39 is 5.97 Å². The van der Waals surface area contributed by atoms with Crippen molar-refractivity contribution >= 4 is 28.4 Å². The molecule has 1 aromatic carbocycles. The molecule has 0 radical (unpaired) electrons. The highest BCUT2D eigenvalue weighted by atomic mass is 16.5. The van der Waals surface area contributed by atoms with Gasteiger partial charge in [0.1, 0.15) is 0 Å². The lowest BCUT2D eigenvalue weighted by atomic mass is 10.1. The van der Waals surface area contributed by atoms with Gasteiger partial charge in [0.25, 0.3) is 11.6 Å². The lowest BCUT2D eigenvalue weighted by molar-refractivity contribution is 0.0463. The van der Waals surface area contributed by atoms with Crippen LogP contribution in [-0.4, -0.2) is 42.9 Å². The van der Waals surface area contributed by atoms with Crippen molar-refractivity contribution in [1.29, 1.82) is 0 Å². The maximum atomic E-state index is 12.6. The first-order valence-corrected chi connectivity index (χ1v) is 8.42. The minimum Gasteiger partial charge on any atom is -0.451 e. The average molecular weight is 363 g/mol. The first-order chi connectivity index (χ1) is 12.9. The van der Waals surface area contributed by atoms with E-state index in [9.17, 15) is 9.59 Å². The van der Waals surface area contributed by atoms with E-state index in [4.69, 9.17) is 4.74 Å². The van der Waals surface area contributed by atoms with Crippen molar-refractivity contribution in [3.8, 4) is 0 Å². The molecule has 4 aromatic rings. The summed E-state index contributed by atoms with van der Waals surface area (Å²) in [7, 11) is 0. The fourth-order valence-electron chi connectivity index (χ4n) is 3.16. The lowest BCUT2D eigenvalue weighted by Gasteiger charge is -2.02. The van der Waals surface area contributed by atoms with Gasteiger partial charge in [0.2, 0.25) is 5.78 Å². The molecule has 3 aromatic heterocycles. The Hall–Kier alpha value is -3.55. The molecule has 0 bridgehead atoms. The molecular weight excluding hydrogens is 346 g/mol. The number of aromatic amines is 1. The van der Waals surface area contributed by atoms with Crippen molar-refractivity contribution in [3.05, 3.63) is 58.8 Å². The number of Topliss-reactive ketones (excluding diaryl/α,β-unsaturated/α-hetero) is 1. The largest absolute Gasteiger partial charge is 0.451 e. The van der Waals surface area contributed by atoms with E-state index in [0.29, 0.717) is 11.3 Å². The van der Waals surface area contributed by atoms with E-state index in [0.717, 1.165) is 28.0 Å². The number of ketones is 1. The zero-order chi connectivity index (χ0) is 19.1. The summed E-state index contributed by atoms with van der Waals surface area (Å²) in [5.74, 6) is -0.853. The van der Waals surface area contributed by atoms with Crippen LogP contribution in [0.1, 0.15) is 38.1 Å². The van der Waals surface area contributed by atoms with E-state index in [2.05, 4.69) is 20.1 Å². The van der Waals surface area contributed by atoms with Gasteiger partial charge in [-0.3, -0.25) is 4.79 Å². The second-order valence-electron chi connectivity index (χ2n) is 6.36. The number of hydrogen-bond donors (Lipinski definition) is 1. The Morgan fingerprint density at radius 1 is 1.15 bits per heavy atom. The molecule has 8 heteroatoms. The van der Waals surface area contributed by atoms with E-state index in [1.54, 1.807) is 0 Å². The number of nitrogens with zero attached hydrogens (tertiary/aromatic N) is 4. The first kappa shape index (κ1) is 16.9. The van der Waals surface area contributed by atoms with E-state index in [1.165, 1.54) is 4.52 Å². The molecule has 136 valence electrons. The molecule has 0 atom stereocenters. The highest BCUT2D eigenvalue weighted by Gasteiger charge is 2.21. The molecule has 0 aliphatic rings. The average Bonchev–Trinajstić information content (AvgIpc) is 3.19. The minimum atomic E-state index is -0.761. The molecular formula is C19H17N5O3. The highest BCUT2D eigenvalue weighted by Crippen LogP contribution is 2.22. The first-order valence-electron chi connectivity index (χ1n) is 8.42. The number of ether oxygens (including phenoxy) is 1. The fraction of sp³-hybridized carbons (Fsp3) is 0.211. The van der Waals surface area contributed by atoms with Gasteiger partial charge in [0, 0.05) is 33.5 Å². The van der Waals surface area contributed by atoms with Crippen LogP contribution in [0.15, 0.2) is 30.3 Å². The van der Waals surface area contributed by atoms with Crippen LogP contribution in [0.4, 0.5) is 0 Å². The van der Waals surface area contributed by atoms with Gasteiger partial charge in [0.05, 0.1) is 0 Å². The predicted octanol–water partition coefficient (Wildman–Crippen LogP) is 2.57. The molecule has 4 rings (SSSR count). The molecule has 3 heterocycles. The Bertz CT molecular complexity index is 1200. The second kappa shape index (κ2) is 6.31. The summed E-state index contributed by atoms with van der Waals surface area (Å²) >= 11 is 0. The Morgan fingerprint density at radius 2 is 1.93 bits per heavy atom. The van der Waals surface area contributed by atoms with Gasteiger partial charge in [-0.1, -0.05) is 18.2 Å². The van der Waals surface area contributed by atoms with Crippen molar-refractivity contribution in [2.45, 2.75) is 20.8 Å². The molecule has 8 nitrogen and oxygen atoms in total. The van der Waals surface area contributed by atoms with Crippen LogP contribution in [0.5, 0.6) is 0 Å². The van der Waals surface area contributed by atoms with Gasteiger partial charge >= 0.3 is 5.97 Å². The molecule has 0 fully saturated rings. The SMILES string of the molecule is Cc1cc(C)n2nc(C(=O)OCC(=O)c3c(C)[nH]c4ccccc34)nc2n1. The number of aromatic nitrogens is 5. The predicted molar refractivity (Wildman–Crippen MR) is 97.9 cm³/mol. The number of carbonyl (C=O) groups is 2. The molecule has 0 saturated carbocycles. The third kappa shape index (κ3) is 2.95. The smallest absolute Gasteiger partial charge is 0.378 e. The second-order valence-corrected chi connectivity index (χ2v) is 6.36. The molecule has 0 amide bonds. The van der Waals surface area contributed by atoms with Crippen LogP contribution in [0.25, 0.3) is 16.7 Å². The van der Waals surface area contributed by atoms with Crippen LogP contribution >= 0.6 is 0 Å². The Kier molecular flexibility index (Phi) is 3.95. The van der Waals surface area contributed by atoms with E-state index >= 15 is 0 Å². The summed E-state index contributed by atoms with van der Waals surface area (Å²) in [5, 5.41) is 4.92. The Balaban J connectivity index is 1.54. The fourth-order valence-corrected chi connectivity index (χ4v) is 3.16. The summed E-state index contributed by atoms with van der Waals surface area (Å²) in [4.78, 5) is 36.4. The Morgan fingerprint density at radius 3 is 2.74 bits per heavy atom. The summed E-state index contributed by atoms with van der Waals surface area (Å²) in [5.41, 5.74) is 3.70. The van der Waals surface area contributed by atoms with Gasteiger partial charge in [-0.05, 0) is 32.9 Å². The van der Waals surface area contributed by atoms with Crippen molar-refractivity contribution in [2.24, 2.45) is 0 Å². The van der Waals surface area contributed by atoms with Crippen molar-refractivity contribution < 1.29 is 14.3 Å². The summed E-state index contributed by atoms with van der Waals surface area (Å²) in [6.45, 7) is 5.11. The topological polar surface area (TPSA) is 102 Å².